The van der Waals surface area contributed by atoms with Crippen molar-refractivity contribution >= 4 is 39.4 Å². The predicted molar refractivity (Wildman–Crippen MR) is 98.7 cm³/mol. The smallest absolute Gasteiger partial charge is 0.324 e. The van der Waals surface area contributed by atoms with Crippen LogP contribution in [0, 0.1) is 11.8 Å². The number of esters is 1. The van der Waals surface area contributed by atoms with Crippen LogP contribution in [-0.4, -0.2) is 17.8 Å². The summed E-state index contributed by atoms with van der Waals surface area (Å²) in [6.07, 6.45) is 0.530. The fourth-order valence-electron chi connectivity index (χ4n) is 3.89. The lowest BCUT2D eigenvalue weighted by atomic mass is 9.70. The Bertz CT molecular complexity index is 908. The average Bonchev–Trinajstić information content (AvgIpc) is 2.63. The van der Waals surface area contributed by atoms with Crippen molar-refractivity contribution in [3.8, 4) is 5.75 Å². The van der Waals surface area contributed by atoms with Crippen molar-refractivity contribution in [3.05, 3.63) is 58.6 Å². The maximum atomic E-state index is 13.2. The van der Waals surface area contributed by atoms with E-state index in [1.54, 1.807) is 36.4 Å². The van der Waals surface area contributed by atoms with E-state index in [-0.39, 0.29) is 5.91 Å². The maximum absolute atomic E-state index is 13.2. The zero-order valence-electron chi connectivity index (χ0n) is 14.0. The molecule has 0 radical (unpaired) electrons. The van der Waals surface area contributed by atoms with Crippen molar-refractivity contribution in [1.29, 1.82) is 0 Å². The molecule has 0 N–H and O–H groups in total. The van der Waals surface area contributed by atoms with E-state index in [0.29, 0.717) is 17.9 Å². The molecule has 2 amide bonds. The molecule has 2 aliphatic heterocycles. The summed E-state index contributed by atoms with van der Waals surface area (Å²) in [6.45, 7) is 1.90. The Balaban J connectivity index is 1.84. The fraction of sp³-hybridized carbons (Fsp3) is 0.250. The summed E-state index contributed by atoms with van der Waals surface area (Å²) in [5, 5.41) is 0. The summed E-state index contributed by atoms with van der Waals surface area (Å²) in [7, 11) is 0. The van der Waals surface area contributed by atoms with Crippen LogP contribution < -0.4 is 9.64 Å². The molecule has 1 fully saturated rings. The molecule has 2 heterocycles. The SMILES string of the molecule is CC[C@H]1C(=O)N(c2ccc(Br)cc2)C(=O)[C@H]2C(=O)Oc3ccccc3[C@H]21. The third kappa shape index (κ3) is 2.48. The third-order valence-corrected chi connectivity index (χ3v) is 5.61. The molecule has 2 aromatic carbocycles. The van der Waals surface area contributed by atoms with Crippen LogP contribution in [0.5, 0.6) is 5.75 Å². The predicted octanol–water partition coefficient (Wildman–Crippen LogP) is 3.67. The first kappa shape index (κ1) is 17.0. The van der Waals surface area contributed by atoms with Gasteiger partial charge in [0.1, 0.15) is 11.7 Å². The second-order valence-electron chi connectivity index (χ2n) is 6.47. The summed E-state index contributed by atoms with van der Waals surface area (Å²) in [5.74, 6) is -2.89. The molecular weight excluding hydrogens is 398 g/mol. The highest BCUT2D eigenvalue weighted by atomic mass is 79.9. The Morgan fingerprint density at radius 3 is 2.38 bits per heavy atom. The molecule has 26 heavy (non-hydrogen) atoms. The van der Waals surface area contributed by atoms with Gasteiger partial charge in [0.15, 0.2) is 0 Å². The Hall–Kier alpha value is -2.47. The minimum Gasteiger partial charge on any atom is -0.426 e. The number of ether oxygens (including phenoxy) is 1. The largest absolute Gasteiger partial charge is 0.426 e. The van der Waals surface area contributed by atoms with Gasteiger partial charge in [-0.25, -0.2) is 4.90 Å². The summed E-state index contributed by atoms with van der Waals surface area (Å²) in [5.41, 5.74) is 1.22. The minimum absolute atomic E-state index is 0.273. The highest BCUT2D eigenvalue weighted by molar-refractivity contribution is 9.10. The first-order chi connectivity index (χ1) is 12.5. The highest BCUT2D eigenvalue weighted by Gasteiger charge is 2.55. The third-order valence-electron chi connectivity index (χ3n) is 5.08. The summed E-state index contributed by atoms with van der Waals surface area (Å²) in [6, 6.07) is 14.0. The lowest BCUT2D eigenvalue weighted by Gasteiger charge is -2.42. The number of nitrogens with zero attached hydrogens (tertiary/aromatic N) is 1. The van der Waals surface area contributed by atoms with Gasteiger partial charge in [0, 0.05) is 21.9 Å². The quantitative estimate of drug-likeness (QED) is 0.326. The number of halogens is 1. The summed E-state index contributed by atoms with van der Waals surface area (Å²) in [4.78, 5) is 40.0. The standard InChI is InChI=1S/C20H16BrNO4/c1-2-13-16-14-5-3-4-6-15(14)26-20(25)17(16)19(24)22(18(13)23)12-9-7-11(21)8-10-12/h3-10,13,16-17H,2H2,1H3/t13-,16-,17+/m1/s1. The highest BCUT2D eigenvalue weighted by Crippen LogP contribution is 2.48. The molecule has 1 saturated heterocycles. The number of hydrogen-bond acceptors (Lipinski definition) is 4. The number of benzene rings is 2. The molecule has 5 nitrogen and oxygen atoms in total. The van der Waals surface area contributed by atoms with Gasteiger partial charge in [-0.2, -0.15) is 0 Å². The van der Waals surface area contributed by atoms with Gasteiger partial charge in [-0.05, 0) is 36.8 Å². The van der Waals surface area contributed by atoms with Crippen LogP contribution in [0.4, 0.5) is 5.69 Å². The minimum atomic E-state index is -1.00. The molecule has 0 saturated carbocycles. The number of para-hydroxylation sites is 1. The normalized spacial score (nSPS) is 24.8. The van der Waals surface area contributed by atoms with Crippen LogP contribution >= 0.6 is 15.9 Å². The van der Waals surface area contributed by atoms with E-state index in [9.17, 15) is 14.4 Å². The van der Waals surface area contributed by atoms with Gasteiger partial charge in [-0.3, -0.25) is 14.4 Å². The average molecular weight is 414 g/mol. The van der Waals surface area contributed by atoms with Gasteiger partial charge in [-0.1, -0.05) is 41.1 Å². The number of piperidine rings is 1. The van der Waals surface area contributed by atoms with E-state index in [0.717, 1.165) is 14.9 Å². The lowest BCUT2D eigenvalue weighted by molar-refractivity contribution is -0.151. The molecule has 132 valence electrons. The number of fused-ring (bicyclic) bond motifs is 3. The molecule has 0 unspecified atom stereocenters. The monoisotopic (exact) mass is 413 g/mol. The van der Waals surface area contributed by atoms with Crippen LogP contribution in [0.15, 0.2) is 53.0 Å². The Kier molecular flexibility index (Phi) is 4.15. The fourth-order valence-corrected chi connectivity index (χ4v) is 4.16. The van der Waals surface area contributed by atoms with Crippen LogP contribution in [-0.2, 0) is 14.4 Å². The van der Waals surface area contributed by atoms with Gasteiger partial charge in [0.25, 0.3) is 0 Å². The van der Waals surface area contributed by atoms with Crippen molar-refractivity contribution in [2.45, 2.75) is 19.3 Å². The lowest BCUT2D eigenvalue weighted by Crippen LogP contribution is -2.57. The Labute approximate surface area is 159 Å². The second kappa shape index (κ2) is 6.36. The van der Waals surface area contributed by atoms with E-state index in [4.69, 9.17) is 4.74 Å². The van der Waals surface area contributed by atoms with Crippen molar-refractivity contribution in [1.82, 2.24) is 0 Å². The second-order valence-corrected chi connectivity index (χ2v) is 7.38. The number of rotatable bonds is 2. The van der Waals surface area contributed by atoms with Crippen LogP contribution in [0.3, 0.4) is 0 Å². The number of hydrogen-bond donors (Lipinski definition) is 0. The molecule has 0 bridgehead atoms. The number of carbonyl (C=O) groups excluding carboxylic acids is 3. The Morgan fingerprint density at radius 2 is 1.69 bits per heavy atom. The molecule has 0 aliphatic carbocycles. The van der Waals surface area contributed by atoms with Crippen LogP contribution in [0.25, 0.3) is 0 Å². The molecule has 2 aromatic rings. The van der Waals surface area contributed by atoms with E-state index < -0.39 is 29.6 Å². The van der Waals surface area contributed by atoms with E-state index in [1.807, 2.05) is 19.1 Å². The summed E-state index contributed by atoms with van der Waals surface area (Å²) >= 11 is 3.35. The molecule has 0 aromatic heterocycles. The van der Waals surface area contributed by atoms with Crippen molar-refractivity contribution < 1.29 is 19.1 Å². The summed E-state index contributed by atoms with van der Waals surface area (Å²) < 4.78 is 6.24. The Morgan fingerprint density at radius 1 is 1.00 bits per heavy atom. The number of anilines is 1. The van der Waals surface area contributed by atoms with Gasteiger partial charge in [0.2, 0.25) is 11.8 Å². The zero-order valence-corrected chi connectivity index (χ0v) is 15.6. The van der Waals surface area contributed by atoms with Crippen LogP contribution in [0.1, 0.15) is 24.8 Å². The first-order valence-corrected chi connectivity index (χ1v) is 9.26. The first-order valence-electron chi connectivity index (χ1n) is 8.47. The van der Waals surface area contributed by atoms with Crippen molar-refractivity contribution in [3.63, 3.8) is 0 Å². The van der Waals surface area contributed by atoms with E-state index in [1.165, 1.54) is 0 Å². The molecule has 3 atom stereocenters. The van der Waals surface area contributed by atoms with Gasteiger partial charge >= 0.3 is 5.97 Å². The van der Waals surface area contributed by atoms with Crippen molar-refractivity contribution in [2.24, 2.45) is 11.8 Å². The molecule has 4 rings (SSSR count). The molecule has 2 aliphatic rings. The molecule has 0 spiro atoms. The number of amides is 2. The molecule has 6 heteroatoms. The number of imide groups is 1. The van der Waals surface area contributed by atoms with Crippen LogP contribution in [0.2, 0.25) is 0 Å². The topological polar surface area (TPSA) is 63.7 Å². The van der Waals surface area contributed by atoms with Gasteiger partial charge in [-0.15, -0.1) is 0 Å². The molecular formula is C20H16BrNO4. The maximum Gasteiger partial charge on any atom is 0.324 e. The van der Waals surface area contributed by atoms with E-state index >= 15 is 0 Å². The van der Waals surface area contributed by atoms with E-state index in [2.05, 4.69) is 15.9 Å². The number of carbonyl (C=O) groups is 3. The zero-order chi connectivity index (χ0) is 18.4. The van der Waals surface area contributed by atoms with Gasteiger partial charge in [0.05, 0.1) is 5.69 Å². The van der Waals surface area contributed by atoms with Gasteiger partial charge < -0.3 is 4.74 Å². The van der Waals surface area contributed by atoms with Crippen molar-refractivity contribution in [2.75, 3.05) is 4.90 Å².